The molecular weight excluding hydrogens is 228 g/mol. The van der Waals surface area contributed by atoms with Crippen LogP contribution in [-0.2, 0) is 14.3 Å². The van der Waals surface area contributed by atoms with Crippen molar-refractivity contribution < 1.29 is 14.3 Å². The van der Waals surface area contributed by atoms with Crippen LogP contribution in [0.4, 0.5) is 0 Å². The molecule has 2 fully saturated rings. The Hall–Kier alpha value is -1.12. The summed E-state index contributed by atoms with van der Waals surface area (Å²) in [5, 5.41) is 0. The Labute approximate surface area is 108 Å². The molecule has 98 valence electrons. The predicted molar refractivity (Wildman–Crippen MR) is 66.8 cm³/mol. The summed E-state index contributed by atoms with van der Waals surface area (Å²) in [5.41, 5.74) is 2.07. The summed E-state index contributed by atoms with van der Waals surface area (Å²) >= 11 is 0. The predicted octanol–water partition coefficient (Wildman–Crippen LogP) is 2.64. The van der Waals surface area contributed by atoms with Gasteiger partial charge in [0.05, 0.1) is 5.92 Å². The van der Waals surface area contributed by atoms with Crippen LogP contribution in [0.25, 0.3) is 0 Å². The summed E-state index contributed by atoms with van der Waals surface area (Å²) < 4.78 is 5.58. The van der Waals surface area contributed by atoms with Gasteiger partial charge < -0.3 is 4.74 Å². The zero-order valence-electron chi connectivity index (χ0n) is 11.3. The fraction of sp³-hybridized carbons (Fsp3) is 0.733. The number of rotatable bonds is 0. The molecule has 0 amide bonds. The third kappa shape index (κ3) is 1.42. The average Bonchev–Trinajstić information content (AvgIpc) is 2.60. The maximum Gasteiger partial charge on any atom is 0.309 e. The molecule has 3 aliphatic rings. The van der Waals surface area contributed by atoms with Crippen molar-refractivity contribution in [2.45, 2.75) is 52.6 Å². The molecule has 18 heavy (non-hydrogen) atoms. The number of carbonyl (C=O) groups excluding carboxylic acids is 2. The van der Waals surface area contributed by atoms with Gasteiger partial charge in [-0.05, 0) is 42.7 Å². The summed E-state index contributed by atoms with van der Waals surface area (Å²) in [6.45, 7) is 6.09. The van der Waals surface area contributed by atoms with Gasteiger partial charge in [0.25, 0.3) is 0 Å². The lowest BCUT2D eigenvalue weighted by atomic mass is 9.59. The molecule has 4 atom stereocenters. The molecule has 0 bridgehead atoms. The second-order valence-corrected chi connectivity index (χ2v) is 6.37. The molecular formula is C15H20O3. The Morgan fingerprint density at radius 2 is 2.00 bits per heavy atom. The quantitative estimate of drug-likeness (QED) is 0.619. The van der Waals surface area contributed by atoms with Crippen molar-refractivity contribution in [2.24, 2.45) is 17.3 Å². The second-order valence-electron chi connectivity index (χ2n) is 6.37. The van der Waals surface area contributed by atoms with E-state index in [2.05, 4.69) is 6.92 Å². The van der Waals surface area contributed by atoms with Crippen LogP contribution in [0.5, 0.6) is 0 Å². The fourth-order valence-electron chi connectivity index (χ4n) is 4.05. The smallest absolute Gasteiger partial charge is 0.309 e. The van der Waals surface area contributed by atoms with Crippen molar-refractivity contribution in [3.8, 4) is 0 Å². The monoisotopic (exact) mass is 248 g/mol. The molecule has 1 unspecified atom stereocenters. The van der Waals surface area contributed by atoms with Crippen LogP contribution >= 0.6 is 0 Å². The van der Waals surface area contributed by atoms with Crippen molar-refractivity contribution in [2.75, 3.05) is 0 Å². The molecule has 0 aromatic rings. The highest BCUT2D eigenvalue weighted by Crippen LogP contribution is 2.54. The van der Waals surface area contributed by atoms with E-state index >= 15 is 0 Å². The normalized spacial score (nSPS) is 43.6. The van der Waals surface area contributed by atoms with Crippen LogP contribution in [0.3, 0.4) is 0 Å². The largest absolute Gasteiger partial charge is 0.457 e. The number of allylic oxidation sites excluding steroid dienone is 1. The van der Waals surface area contributed by atoms with Gasteiger partial charge in [-0.25, -0.2) is 0 Å². The lowest BCUT2D eigenvalue weighted by molar-refractivity contribution is -0.143. The summed E-state index contributed by atoms with van der Waals surface area (Å²) in [5.74, 6) is 0.407. The van der Waals surface area contributed by atoms with E-state index in [1.807, 2.05) is 13.8 Å². The maximum absolute atomic E-state index is 11.9. The first-order chi connectivity index (χ1) is 8.44. The molecule has 0 aromatic heterocycles. The van der Waals surface area contributed by atoms with Gasteiger partial charge in [0.1, 0.15) is 6.10 Å². The lowest BCUT2D eigenvalue weighted by Crippen LogP contribution is -2.41. The summed E-state index contributed by atoms with van der Waals surface area (Å²) in [7, 11) is 0. The van der Waals surface area contributed by atoms with E-state index < -0.39 is 0 Å². The highest BCUT2D eigenvalue weighted by molar-refractivity contribution is 5.97. The number of ether oxygens (including phenoxy) is 1. The van der Waals surface area contributed by atoms with Gasteiger partial charge in [0.15, 0.2) is 5.78 Å². The number of esters is 1. The summed E-state index contributed by atoms with van der Waals surface area (Å²) in [4.78, 5) is 23.7. The number of carbonyl (C=O) groups is 2. The zero-order valence-corrected chi connectivity index (χ0v) is 11.3. The Morgan fingerprint density at radius 1 is 1.28 bits per heavy atom. The summed E-state index contributed by atoms with van der Waals surface area (Å²) in [6, 6.07) is 0. The first-order valence-corrected chi connectivity index (χ1v) is 6.89. The first-order valence-electron chi connectivity index (χ1n) is 6.89. The molecule has 1 heterocycles. The summed E-state index contributed by atoms with van der Waals surface area (Å²) in [6.07, 6.45) is 3.55. The number of fused-ring (bicyclic) bond motifs is 3. The van der Waals surface area contributed by atoms with Gasteiger partial charge in [-0.2, -0.15) is 0 Å². The van der Waals surface area contributed by atoms with Gasteiger partial charge in [-0.15, -0.1) is 0 Å². The Kier molecular flexibility index (Phi) is 2.45. The van der Waals surface area contributed by atoms with E-state index in [1.165, 1.54) is 0 Å². The third-order valence-corrected chi connectivity index (χ3v) is 5.34. The Morgan fingerprint density at radius 3 is 2.72 bits per heavy atom. The van der Waals surface area contributed by atoms with E-state index in [-0.39, 0.29) is 35.1 Å². The number of Topliss-reactive ketones (excluding diaryl/α,β-unsaturated/α-hetero) is 1. The highest BCUT2D eigenvalue weighted by Gasteiger charge is 2.53. The van der Waals surface area contributed by atoms with Crippen LogP contribution in [0.15, 0.2) is 11.1 Å². The van der Waals surface area contributed by atoms with Gasteiger partial charge in [0.2, 0.25) is 0 Å². The van der Waals surface area contributed by atoms with Crippen molar-refractivity contribution >= 4 is 11.8 Å². The Bertz CT molecular complexity index is 462. The van der Waals surface area contributed by atoms with Gasteiger partial charge in [-0.3, -0.25) is 9.59 Å². The number of ketones is 1. The molecule has 3 heteroatoms. The fourth-order valence-corrected chi connectivity index (χ4v) is 4.05. The number of hydrogen-bond donors (Lipinski definition) is 0. The van der Waals surface area contributed by atoms with Crippen molar-refractivity contribution in [3.63, 3.8) is 0 Å². The average molecular weight is 248 g/mol. The molecule has 0 aromatic carbocycles. The van der Waals surface area contributed by atoms with Crippen LogP contribution in [0, 0.1) is 17.3 Å². The minimum Gasteiger partial charge on any atom is -0.457 e. The molecule has 1 saturated carbocycles. The van der Waals surface area contributed by atoms with E-state index in [0.717, 1.165) is 30.4 Å². The molecule has 3 rings (SSSR count). The lowest BCUT2D eigenvalue weighted by Gasteiger charge is -2.45. The SMILES string of the molecule is CC1=C2[C@H]3OC(=O)C(C)[C@@H]3CC[C@@]2(C)CCC1=O. The minimum absolute atomic E-state index is 0.0168. The van der Waals surface area contributed by atoms with E-state index in [9.17, 15) is 9.59 Å². The molecule has 2 aliphatic carbocycles. The molecule has 3 nitrogen and oxygen atoms in total. The maximum atomic E-state index is 11.9. The standard InChI is InChI=1S/C15H20O3/c1-8-10-4-6-15(3)7-5-11(16)9(2)12(15)13(10)18-14(8)17/h8,10,13H,4-7H2,1-3H3/t8?,10-,13-,15-/m0/s1. The van der Waals surface area contributed by atoms with Crippen LogP contribution in [0.2, 0.25) is 0 Å². The minimum atomic E-state index is -0.129. The van der Waals surface area contributed by atoms with Gasteiger partial charge in [0, 0.05) is 12.3 Å². The van der Waals surface area contributed by atoms with E-state index in [1.54, 1.807) is 0 Å². The Balaban J connectivity index is 2.09. The topological polar surface area (TPSA) is 43.4 Å². The third-order valence-electron chi connectivity index (χ3n) is 5.34. The molecule has 1 aliphatic heterocycles. The van der Waals surface area contributed by atoms with Gasteiger partial charge in [-0.1, -0.05) is 13.8 Å². The van der Waals surface area contributed by atoms with Crippen molar-refractivity contribution in [1.29, 1.82) is 0 Å². The van der Waals surface area contributed by atoms with Crippen molar-refractivity contribution in [3.05, 3.63) is 11.1 Å². The molecule has 0 N–H and O–H groups in total. The van der Waals surface area contributed by atoms with Gasteiger partial charge >= 0.3 is 5.97 Å². The van der Waals surface area contributed by atoms with Crippen LogP contribution in [-0.4, -0.2) is 17.9 Å². The second kappa shape index (κ2) is 3.69. The van der Waals surface area contributed by atoms with E-state index in [4.69, 9.17) is 4.74 Å². The van der Waals surface area contributed by atoms with Crippen LogP contribution < -0.4 is 0 Å². The van der Waals surface area contributed by atoms with Crippen LogP contribution in [0.1, 0.15) is 46.5 Å². The molecule has 0 radical (unpaired) electrons. The van der Waals surface area contributed by atoms with E-state index in [0.29, 0.717) is 6.42 Å². The molecule has 1 saturated heterocycles. The highest BCUT2D eigenvalue weighted by atomic mass is 16.6. The number of hydrogen-bond acceptors (Lipinski definition) is 3. The van der Waals surface area contributed by atoms with Crippen molar-refractivity contribution in [1.82, 2.24) is 0 Å². The first kappa shape index (κ1) is 11.9. The molecule has 0 spiro atoms. The zero-order chi connectivity index (χ0) is 13.1.